The minimum Gasteiger partial charge on any atom is -0.436 e. The van der Waals surface area contributed by atoms with Gasteiger partial charge in [0.1, 0.15) is 5.52 Å². The van der Waals surface area contributed by atoms with Crippen molar-refractivity contribution in [3.05, 3.63) is 48.0 Å². The molecule has 1 amide bonds. The minimum absolute atomic E-state index is 0.0326. The average molecular weight is 362 g/mol. The second kappa shape index (κ2) is 6.87. The standard InChI is InChI=1S/C21H22N4O2/c1-4-13-12-19(26)23-24-20(13)15-7-10-17-18(11-15)27-21(22-17)14-5-8-16(9-6-14)25(2)3/h5-11,13H,4,12H2,1-3H3,(H,23,26). The van der Waals surface area contributed by atoms with Gasteiger partial charge in [-0.05, 0) is 42.8 Å². The van der Waals surface area contributed by atoms with E-state index in [4.69, 9.17) is 4.42 Å². The maximum Gasteiger partial charge on any atom is 0.240 e. The number of hydrogen-bond donors (Lipinski definition) is 1. The maximum absolute atomic E-state index is 11.6. The smallest absolute Gasteiger partial charge is 0.240 e. The van der Waals surface area contributed by atoms with Gasteiger partial charge in [-0.2, -0.15) is 5.10 Å². The number of benzene rings is 2. The highest BCUT2D eigenvalue weighted by atomic mass is 16.3. The highest BCUT2D eigenvalue weighted by molar-refractivity contribution is 6.07. The zero-order valence-corrected chi connectivity index (χ0v) is 15.7. The molecule has 2 heterocycles. The van der Waals surface area contributed by atoms with Crippen LogP contribution in [-0.4, -0.2) is 30.7 Å². The Morgan fingerprint density at radius 1 is 1.15 bits per heavy atom. The van der Waals surface area contributed by atoms with Gasteiger partial charge in [0.2, 0.25) is 11.8 Å². The number of anilines is 1. The van der Waals surface area contributed by atoms with Gasteiger partial charge in [-0.15, -0.1) is 0 Å². The molecule has 138 valence electrons. The van der Waals surface area contributed by atoms with Crippen LogP contribution in [-0.2, 0) is 4.79 Å². The number of carbonyl (C=O) groups excluding carboxylic acids is 1. The zero-order chi connectivity index (χ0) is 19.0. The zero-order valence-electron chi connectivity index (χ0n) is 15.7. The van der Waals surface area contributed by atoms with Crippen molar-refractivity contribution in [2.24, 2.45) is 11.0 Å². The van der Waals surface area contributed by atoms with Crippen molar-refractivity contribution < 1.29 is 9.21 Å². The van der Waals surface area contributed by atoms with Crippen molar-refractivity contribution in [3.8, 4) is 11.5 Å². The Bertz CT molecular complexity index is 1020. The molecule has 1 atom stereocenters. The summed E-state index contributed by atoms with van der Waals surface area (Å²) < 4.78 is 6.01. The summed E-state index contributed by atoms with van der Waals surface area (Å²) in [5.41, 5.74) is 8.02. The van der Waals surface area contributed by atoms with Gasteiger partial charge in [-0.3, -0.25) is 4.79 Å². The van der Waals surface area contributed by atoms with Gasteiger partial charge in [0.25, 0.3) is 0 Å². The third kappa shape index (κ3) is 3.30. The van der Waals surface area contributed by atoms with Gasteiger partial charge >= 0.3 is 0 Å². The van der Waals surface area contributed by atoms with Crippen molar-refractivity contribution in [2.45, 2.75) is 19.8 Å². The predicted octanol–water partition coefficient (Wildman–Crippen LogP) is 3.81. The van der Waals surface area contributed by atoms with E-state index in [1.807, 2.05) is 56.6 Å². The number of carbonyl (C=O) groups is 1. The van der Waals surface area contributed by atoms with Crippen LogP contribution in [0.4, 0.5) is 5.69 Å². The second-order valence-corrected chi connectivity index (χ2v) is 6.98. The maximum atomic E-state index is 11.6. The number of hydrogen-bond acceptors (Lipinski definition) is 5. The highest BCUT2D eigenvalue weighted by Crippen LogP contribution is 2.28. The summed E-state index contributed by atoms with van der Waals surface area (Å²) in [6, 6.07) is 14.0. The van der Waals surface area contributed by atoms with E-state index in [-0.39, 0.29) is 11.8 Å². The van der Waals surface area contributed by atoms with Gasteiger partial charge in [0.15, 0.2) is 5.58 Å². The lowest BCUT2D eigenvalue weighted by molar-refractivity contribution is -0.122. The molecule has 0 saturated carbocycles. The van der Waals surface area contributed by atoms with Gasteiger partial charge in [0, 0.05) is 43.2 Å². The second-order valence-electron chi connectivity index (χ2n) is 6.98. The van der Waals surface area contributed by atoms with Crippen LogP contribution in [0.2, 0.25) is 0 Å². The van der Waals surface area contributed by atoms with Crippen LogP contribution in [0.3, 0.4) is 0 Å². The van der Waals surface area contributed by atoms with E-state index in [0.29, 0.717) is 17.9 Å². The molecular weight excluding hydrogens is 340 g/mol. The number of hydrazone groups is 1. The van der Waals surface area contributed by atoms with Crippen molar-refractivity contribution >= 4 is 28.4 Å². The topological polar surface area (TPSA) is 70.7 Å². The van der Waals surface area contributed by atoms with Crippen LogP contribution >= 0.6 is 0 Å². The molecule has 0 spiro atoms. The molecule has 0 fully saturated rings. The van der Waals surface area contributed by atoms with Crippen molar-refractivity contribution in [3.63, 3.8) is 0 Å². The van der Waals surface area contributed by atoms with Crippen LogP contribution in [0.5, 0.6) is 0 Å². The van der Waals surface area contributed by atoms with Crippen molar-refractivity contribution in [2.75, 3.05) is 19.0 Å². The average Bonchev–Trinajstić information content (AvgIpc) is 3.11. The number of amides is 1. The summed E-state index contributed by atoms with van der Waals surface area (Å²) >= 11 is 0. The fourth-order valence-electron chi connectivity index (χ4n) is 3.33. The van der Waals surface area contributed by atoms with Crippen molar-refractivity contribution in [1.29, 1.82) is 0 Å². The van der Waals surface area contributed by atoms with E-state index in [2.05, 4.69) is 27.3 Å². The Morgan fingerprint density at radius 3 is 2.59 bits per heavy atom. The molecule has 2 aromatic carbocycles. The molecule has 6 nitrogen and oxygen atoms in total. The molecule has 1 aromatic heterocycles. The first-order valence-corrected chi connectivity index (χ1v) is 9.10. The third-order valence-electron chi connectivity index (χ3n) is 4.93. The van der Waals surface area contributed by atoms with E-state index in [9.17, 15) is 4.79 Å². The number of oxazole rings is 1. The molecule has 0 saturated heterocycles. The minimum atomic E-state index is -0.0326. The summed E-state index contributed by atoms with van der Waals surface area (Å²) in [6.45, 7) is 2.07. The van der Waals surface area contributed by atoms with E-state index in [1.54, 1.807) is 0 Å². The van der Waals surface area contributed by atoms with Crippen LogP contribution < -0.4 is 10.3 Å². The lowest BCUT2D eigenvalue weighted by Crippen LogP contribution is -2.33. The lowest BCUT2D eigenvalue weighted by Gasteiger charge is -2.21. The Kier molecular flexibility index (Phi) is 4.39. The summed E-state index contributed by atoms with van der Waals surface area (Å²) in [4.78, 5) is 18.3. The first-order chi connectivity index (χ1) is 13.0. The first kappa shape index (κ1) is 17.3. The van der Waals surface area contributed by atoms with Crippen LogP contribution in [0, 0.1) is 5.92 Å². The number of nitrogens with zero attached hydrogens (tertiary/aromatic N) is 3. The van der Waals surface area contributed by atoms with Gasteiger partial charge in [-0.1, -0.05) is 13.0 Å². The Hall–Kier alpha value is -3.15. The normalized spacial score (nSPS) is 16.9. The SMILES string of the molecule is CCC1CC(=O)NN=C1c1ccc2nc(-c3ccc(N(C)C)cc3)oc2c1. The molecule has 1 unspecified atom stereocenters. The quantitative estimate of drug-likeness (QED) is 0.766. The van der Waals surface area contributed by atoms with Gasteiger partial charge < -0.3 is 9.32 Å². The summed E-state index contributed by atoms with van der Waals surface area (Å²) in [6.07, 6.45) is 1.33. The summed E-state index contributed by atoms with van der Waals surface area (Å²) in [5.74, 6) is 0.686. The summed E-state index contributed by atoms with van der Waals surface area (Å²) in [7, 11) is 4.02. The monoisotopic (exact) mass is 362 g/mol. The van der Waals surface area contributed by atoms with E-state index >= 15 is 0 Å². The molecule has 27 heavy (non-hydrogen) atoms. The Balaban J connectivity index is 1.69. The fourth-order valence-corrected chi connectivity index (χ4v) is 3.33. The predicted molar refractivity (Wildman–Crippen MR) is 107 cm³/mol. The molecule has 0 radical (unpaired) electrons. The lowest BCUT2D eigenvalue weighted by atomic mass is 9.90. The van der Waals surface area contributed by atoms with Crippen LogP contribution in [0.15, 0.2) is 52.0 Å². The van der Waals surface area contributed by atoms with E-state index in [0.717, 1.165) is 34.5 Å². The number of rotatable bonds is 4. The molecule has 0 aliphatic carbocycles. The van der Waals surface area contributed by atoms with Crippen molar-refractivity contribution in [1.82, 2.24) is 10.4 Å². The number of nitrogens with one attached hydrogen (secondary N) is 1. The fraction of sp³-hybridized carbons (Fsp3) is 0.286. The van der Waals surface area contributed by atoms with Gasteiger partial charge in [-0.25, -0.2) is 10.4 Å². The molecule has 1 aliphatic rings. The van der Waals surface area contributed by atoms with E-state index < -0.39 is 0 Å². The molecular formula is C21H22N4O2. The molecule has 1 N–H and O–H groups in total. The number of aromatic nitrogens is 1. The first-order valence-electron chi connectivity index (χ1n) is 9.10. The van der Waals surface area contributed by atoms with Gasteiger partial charge in [0.05, 0.1) is 5.71 Å². The molecule has 1 aliphatic heterocycles. The molecule has 4 rings (SSSR count). The number of fused-ring (bicyclic) bond motifs is 1. The molecule has 0 bridgehead atoms. The largest absolute Gasteiger partial charge is 0.436 e. The third-order valence-corrected chi connectivity index (χ3v) is 4.93. The van der Waals surface area contributed by atoms with Crippen LogP contribution in [0.25, 0.3) is 22.6 Å². The molecule has 3 aromatic rings. The Labute approximate surface area is 157 Å². The van der Waals surface area contributed by atoms with Crippen LogP contribution in [0.1, 0.15) is 25.3 Å². The van der Waals surface area contributed by atoms with E-state index in [1.165, 1.54) is 0 Å². The Morgan fingerprint density at radius 2 is 1.89 bits per heavy atom. The summed E-state index contributed by atoms with van der Waals surface area (Å²) in [5, 5.41) is 4.28. The molecule has 6 heteroatoms. The highest BCUT2D eigenvalue weighted by Gasteiger charge is 2.24.